The van der Waals surface area contributed by atoms with E-state index in [4.69, 9.17) is 5.73 Å². The molecule has 0 saturated carbocycles. The zero-order chi connectivity index (χ0) is 19.5. The molecule has 0 radical (unpaired) electrons. The standard InChI is InChI=1S/C22H22BrFN4/c23-21-11-18(20(25)13-26-21)19-10-17(12-27-22(19)24)16-6-4-15(5-7-16)14-28-8-2-1-3-9-28/h4-7,10-13H,1-3,8-9,14,25H2. The third-order valence-corrected chi connectivity index (χ3v) is 5.61. The van der Waals surface area contributed by atoms with E-state index in [2.05, 4.69) is 55.1 Å². The Labute approximate surface area is 172 Å². The van der Waals surface area contributed by atoms with E-state index >= 15 is 0 Å². The quantitative estimate of drug-likeness (QED) is 0.560. The maximum absolute atomic E-state index is 14.4. The fourth-order valence-electron chi connectivity index (χ4n) is 3.65. The van der Waals surface area contributed by atoms with Crippen molar-refractivity contribution in [3.05, 3.63) is 64.9 Å². The highest BCUT2D eigenvalue weighted by Gasteiger charge is 2.14. The van der Waals surface area contributed by atoms with Crippen LogP contribution in [0.4, 0.5) is 10.1 Å². The molecule has 28 heavy (non-hydrogen) atoms. The zero-order valence-electron chi connectivity index (χ0n) is 15.5. The van der Waals surface area contributed by atoms with Crippen molar-refractivity contribution in [1.82, 2.24) is 14.9 Å². The van der Waals surface area contributed by atoms with Crippen LogP contribution < -0.4 is 5.73 Å². The van der Waals surface area contributed by atoms with Crippen molar-refractivity contribution in [2.75, 3.05) is 18.8 Å². The summed E-state index contributed by atoms with van der Waals surface area (Å²) < 4.78 is 15.0. The number of nitrogen functional groups attached to an aromatic ring is 1. The van der Waals surface area contributed by atoms with Crippen LogP contribution in [0.2, 0.25) is 0 Å². The lowest BCUT2D eigenvalue weighted by molar-refractivity contribution is 0.221. The first-order valence-corrected chi connectivity index (χ1v) is 10.3. The van der Waals surface area contributed by atoms with Gasteiger partial charge in [-0.1, -0.05) is 30.7 Å². The minimum atomic E-state index is -0.546. The zero-order valence-corrected chi connectivity index (χ0v) is 17.1. The van der Waals surface area contributed by atoms with Crippen LogP contribution >= 0.6 is 15.9 Å². The summed E-state index contributed by atoms with van der Waals surface area (Å²) in [4.78, 5) is 10.5. The van der Waals surface area contributed by atoms with E-state index in [-0.39, 0.29) is 0 Å². The molecule has 1 saturated heterocycles. The van der Waals surface area contributed by atoms with Gasteiger partial charge < -0.3 is 5.73 Å². The van der Waals surface area contributed by atoms with Crippen LogP contribution in [-0.4, -0.2) is 28.0 Å². The topological polar surface area (TPSA) is 55.0 Å². The Morgan fingerprint density at radius 3 is 2.43 bits per heavy atom. The summed E-state index contributed by atoms with van der Waals surface area (Å²) in [6.07, 6.45) is 6.99. The second-order valence-corrected chi connectivity index (χ2v) is 8.00. The van der Waals surface area contributed by atoms with Crippen LogP contribution in [0.15, 0.2) is 53.4 Å². The van der Waals surface area contributed by atoms with E-state index in [1.165, 1.54) is 44.1 Å². The molecule has 2 aromatic heterocycles. The molecule has 0 bridgehead atoms. The van der Waals surface area contributed by atoms with Gasteiger partial charge in [0.25, 0.3) is 0 Å². The van der Waals surface area contributed by atoms with Gasteiger partial charge in [0, 0.05) is 29.4 Å². The van der Waals surface area contributed by atoms with Gasteiger partial charge in [0.15, 0.2) is 0 Å². The molecule has 0 atom stereocenters. The van der Waals surface area contributed by atoms with E-state index in [0.29, 0.717) is 21.4 Å². The second-order valence-electron chi connectivity index (χ2n) is 7.19. The van der Waals surface area contributed by atoms with Gasteiger partial charge in [0.1, 0.15) is 4.60 Å². The maximum atomic E-state index is 14.4. The number of anilines is 1. The molecular weight excluding hydrogens is 419 g/mol. The molecule has 1 aromatic carbocycles. The van der Waals surface area contributed by atoms with E-state index in [1.807, 2.05) is 0 Å². The van der Waals surface area contributed by atoms with Crippen LogP contribution in [0.3, 0.4) is 0 Å². The molecule has 1 fully saturated rings. The predicted octanol–water partition coefficient (Wildman–Crippen LogP) is 5.28. The third-order valence-electron chi connectivity index (χ3n) is 5.17. The number of likely N-dealkylation sites (tertiary alicyclic amines) is 1. The van der Waals surface area contributed by atoms with Gasteiger partial charge in [-0.15, -0.1) is 0 Å². The monoisotopic (exact) mass is 440 g/mol. The molecule has 1 aliphatic rings. The third kappa shape index (κ3) is 4.23. The van der Waals surface area contributed by atoms with E-state index < -0.39 is 5.95 Å². The first-order chi connectivity index (χ1) is 13.6. The minimum Gasteiger partial charge on any atom is -0.397 e. The molecule has 1 aliphatic heterocycles. The van der Waals surface area contributed by atoms with E-state index in [0.717, 1.165) is 17.7 Å². The van der Waals surface area contributed by atoms with Crippen molar-refractivity contribution in [2.24, 2.45) is 0 Å². The molecule has 0 amide bonds. The Kier molecular flexibility index (Phi) is 5.69. The average molecular weight is 441 g/mol. The van der Waals surface area contributed by atoms with Crippen LogP contribution in [0, 0.1) is 5.95 Å². The van der Waals surface area contributed by atoms with Gasteiger partial charge in [0.2, 0.25) is 5.95 Å². The Bertz CT molecular complexity index is 969. The fraction of sp³-hybridized carbons (Fsp3) is 0.273. The van der Waals surface area contributed by atoms with Gasteiger partial charge >= 0.3 is 0 Å². The molecule has 0 aliphatic carbocycles. The number of nitrogens with two attached hydrogens (primary N) is 1. The van der Waals surface area contributed by atoms with Crippen LogP contribution in [0.1, 0.15) is 24.8 Å². The second kappa shape index (κ2) is 8.37. The lowest BCUT2D eigenvalue weighted by Crippen LogP contribution is -2.28. The minimum absolute atomic E-state index is 0.371. The van der Waals surface area contributed by atoms with Crippen molar-refractivity contribution in [1.29, 1.82) is 0 Å². The SMILES string of the molecule is Nc1cnc(Br)cc1-c1cc(-c2ccc(CN3CCCCC3)cc2)cnc1F. The molecule has 0 spiro atoms. The average Bonchev–Trinajstić information content (AvgIpc) is 2.72. The summed E-state index contributed by atoms with van der Waals surface area (Å²) in [6.45, 7) is 3.33. The summed E-state index contributed by atoms with van der Waals surface area (Å²) in [6, 6.07) is 11.9. The molecule has 144 valence electrons. The number of benzene rings is 1. The van der Waals surface area contributed by atoms with Crippen molar-refractivity contribution in [2.45, 2.75) is 25.8 Å². The molecule has 0 unspecified atom stereocenters. The number of hydrogen-bond donors (Lipinski definition) is 1. The first-order valence-electron chi connectivity index (χ1n) is 9.49. The number of hydrogen-bond acceptors (Lipinski definition) is 4. The lowest BCUT2D eigenvalue weighted by Gasteiger charge is -2.26. The summed E-state index contributed by atoms with van der Waals surface area (Å²) >= 11 is 3.32. The summed E-state index contributed by atoms with van der Waals surface area (Å²) in [5.74, 6) is -0.546. The molecule has 3 aromatic rings. The van der Waals surface area contributed by atoms with E-state index in [9.17, 15) is 4.39 Å². The molecule has 4 nitrogen and oxygen atoms in total. The van der Waals surface area contributed by atoms with Gasteiger partial charge in [-0.05, 0) is 65.1 Å². The molecular formula is C22H22BrFN4. The molecule has 2 N–H and O–H groups in total. The molecule has 6 heteroatoms. The first kappa shape index (κ1) is 19.0. The van der Waals surface area contributed by atoms with Crippen LogP contribution in [-0.2, 0) is 6.54 Å². The Morgan fingerprint density at radius 1 is 0.929 bits per heavy atom. The number of pyridine rings is 2. The highest BCUT2D eigenvalue weighted by molar-refractivity contribution is 9.10. The molecule has 3 heterocycles. The summed E-state index contributed by atoms with van der Waals surface area (Å²) in [5, 5.41) is 0. The normalized spacial score (nSPS) is 14.9. The van der Waals surface area contributed by atoms with Crippen LogP contribution in [0.5, 0.6) is 0 Å². The van der Waals surface area contributed by atoms with Crippen LogP contribution in [0.25, 0.3) is 22.3 Å². The van der Waals surface area contributed by atoms with Crippen molar-refractivity contribution in [3.63, 3.8) is 0 Å². The molecule has 4 rings (SSSR count). The highest BCUT2D eigenvalue weighted by Crippen LogP contribution is 2.32. The summed E-state index contributed by atoms with van der Waals surface area (Å²) in [5.41, 5.74) is 10.5. The fourth-order valence-corrected chi connectivity index (χ4v) is 3.98. The number of halogens is 2. The smallest absolute Gasteiger partial charge is 0.220 e. The summed E-state index contributed by atoms with van der Waals surface area (Å²) in [7, 11) is 0. The van der Waals surface area contributed by atoms with Gasteiger partial charge in [0.05, 0.1) is 11.9 Å². The Hall–Kier alpha value is -2.31. The Morgan fingerprint density at radius 2 is 1.68 bits per heavy atom. The van der Waals surface area contributed by atoms with Crippen molar-refractivity contribution in [3.8, 4) is 22.3 Å². The van der Waals surface area contributed by atoms with Gasteiger partial charge in [-0.25, -0.2) is 9.97 Å². The highest BCUT2D eigenvalue weighted by atomic mass is 79.9. The lowest BCUT2D eigenvalue weighted by atomic mass is 10.0. The number of aromatic nitrogens is 2. The van der Waals surface area contributed by atoms with Crippen molar-refractivity contribution < 1.29 is 4.39 Å². The van der Waals surface area contributed by atoms with Gasteiger partial charge in [-0.3, -0.25) is 4.90 Å². The number of nitrogens with zero attached hydrogens (tertiary/aromatic N) is 3. The predicted molar refractivity (Wildman–Crippen MR) is 114 cm³/mol. The van der Waals surface area contributed by atoms with Crippen molar-refractivity contribution >= 4 is 21.6 Å². The largest absolute Gasteiger partial charge is 0.397 e. The Balaban J connectivity index is 1.60. The maximum Gasteiger partial charge on any atom is 0.220 e. The number of rotatable bonds is 4. The van der Waals surface area contributed by atoms with Gasteiger partial charge in [-0.2, -0.15) is 4.39 Å². The number of piperidine rings is 1. The van der Waals surface area contributed by atoms with E-state index in [1.54, 1.807) is 18.3 Å².